The van der Waals surface area contributed by atoms with Gasteiger partial charge in [0.25, 0.3) is 11.8 Å². The molecule has 1 aliphatic heterocycles. The maximum Gasteiger partial charge on any atom is 0.262 e. The van der Waals surface area contributed by atoms with Gasteiger partial charge in [0.15, 0.2) is 16.4 Å². The minimum Gasteiger partial charge on any atom is -0.483 e. The highest BCUT2D eigenvalue weighted by atomic mass is 32.2. The Morgan fingerprint density at radius 2 is 1.91 bits per heavy atom. The summed E-state index contributed by atoms with van der Waals surface area (Å²) in [5.74, 6) is 0.622. The first kappa shape index (κ1) is 23.8. The summed E-state index contributed by atoms with van der Waals surface area (Å²) < 4.78 is 29.4. The van der Waals surface area contributed by atoms with Crippen molar-refractivity contribution in [1.29, 1.82) is 0 Å². The number of carbonyl (C=O) groups is 2. The number of fused-ring (bicyclic) bond motifs is 1. The monoisotopic (exact) mass is 490 g/mol. The van der Waals surface area contributed by atoms with Crippen LogP contribution in [0, 0.1) is 19.8 Å². The van der Waals surface area contributed by atoms with Gasteiger partial charge in [-0.05, 0) is 62.1 Å². The van der Waals surface area contributed by atoms with Gasteiger partial charge < -0.3 is 15.4 Å². The molecule has 2 atom stereocenters. The molecule has 1 fully saturated rings. The third kappa shape index (κ3) is 5.41. The van der Waals surface area contributed by atoms with Gasteiger partial charge in [-0.1, -0.05) is 25.1 Å². The summed E-state index contributed by atoms with van der Waals surface area (Å²) >= 11 is 1.44. The van der Waals surface area contributed by atoms with E-state index >= 15 is 0 Å². The zero-order valence-electron chi connectivity index (χ0n) is 19.2. The van der Waals surface area contributed by atoms with Crippen LogP contribution in [0.25, 0.3) is 0 Å². The molecule has 4 rings (SSSR count). The van der Waals surface area contributed by atoms with Crippen molar-refractivity contribution in [3.63, 3.8) is 0 Å². The number of ether oxygens (including phenoxy) is 1. The number of hydrogen-bond acceptors (Lipinski definition) is 6. The Hall–Kier alpha value is -2.39. The number of aryl methyl sites for hydroxylation is 2. The second kappa shape index (κ2) is 9.46. The van der Waals surface area contributed by atoms with Crippen molar-refractivity contribution in [2.24, 2.45) is 5.92 Å². The molecule has 1 aromatic carbocycles. The van der Waals surface area contributed by atoms with Crippen molar-refractivity contribution in [1.82, 2.24) is 5.32 Å². The van der Waals surface area contributed by atoms with Gasteiger partial charge in [-0.2, -0.15) is 0 Å². The number of sulfone groups is 1. The Labute approximate surface area is 198 Å². The van der Waals surface area contributed by atoms with Gasteiger partial charge in [0, 0.05) is 10.9 Å². The topological polar surface area (TPSA) is 102 Å². The lowest BCUT2D eigenvalue weighted by molar-refractivity contribution is -0.118. The van der Waals surface area contributed by atoms with E-state index in [1.54, 1.807) is 0 Å². The average molecular weight is 491 g/mol. The normalized spacial score (nSPS) is 21.3. The van der Waals surface area contributed by atoms with E-state index in [9.17, 15) is 18.0 Å². The molecule has 1 saturated heterocycles. The van der Waals surface area contributed by atoms with Crippen molar-refractivity contribution in [2.45, 2.75) is 52.5 Å². The third-order valence-electron chi connectivity index (χ3n) is 6.32. The highest BCUT2D eigenvalue weighted by Crippen LogP contribution is 2.40. The molecule has 178 valence electrons. The van der Waals surface area contributed by atoms with E-state index < -0.39 is 15.9 Å². The molecule has 7 nitrogen and oxygen atoms in total. The molecule has 1 aliphatic carbocycles. The average Bonchev–Trinajstić information content (AvgIpc) is 3.25. The van der Waals surface area contributed by atoms with E-state index in [4.69, 9.17) is 4.74 Å². The molecular formula is C24H30N2O5S2. The molecule has 0 radical (unpaired) electrons. The van der Waals surface area contributed by atoms with Gasteiger partial charge in [0.1, 0.15) is 10.8 Å². The second-order valence-corrected chi connectivity index (χ2v) is 12.5. The Balaban J connectivity index is 1.52. The second-order valence-electron chi connectivity index (χ2n) is 9.19. The van der Waals surface area contributed by atoms with E-state index in [0.29, 0.717) is 28.7 Å². The summed E-state index contributed by atoms with van der Waals surface area (Å²) in [7, 11) is -3.10. The maximum absolute atomic E-state index is 13.2. The lowest BCUT2D eigenvalue weighted by Gasteiger charge is -2.19. The summed E-state index contributed by atoms with van der Waals surface area (Å²) in [5, 5.41) is 6.30. The van der Waals surface area contributed by atoms with Crippen LogP contribution in [0.15, 0.2) is 18.2 Å². The van der Waals surface area contributed by atoms with Crippen molar-refractivity contribution in [3.05, 3.63) is 45.3 Å². The third-order valence-corrected chi connectivity index (χ3v) is 9.25. The fourth-order valence-corrected chi connectivity index (χ4v) is 7.67. The van der Waals surface area contributed by atoms with Crippen LogP contribution in [0.1, 0.15) is 51.7 Å². The fraction of sp³-hybridized carbons (Fsp3) is 0.500. The van der Waals surface area contributed by atoms with Gasteiger partial charge in [-0.3, -0.25) is 9.59 Å². The van der Waals surface area contributed by atoms with Crippen LogP contribution < -0.4 is 15.4 Å². The molecule has 1 aromatic heterocycles. The van der Waals surface area contributed by atoms with Gasteiger partial charge in [0.2, 0.25) is 0 Å². The van der Waals surface area contributed by atoms with Crippen LogP contribution in [-0.4, -0.2) is 44.4 Å². The standard InChI is InChI=1S/C24H30N2O5S2/c1-14-7-8-18-19(11-14)32-24(21(18)23(28)25-17-9-10-33(29,30)13-17)26-20(27)12-31-22-15(2)5-4-6-16(22)3/h4-6,14,17H,7-13H2,1-3H3,(H,25,28)(H,26,27)/t14-,17+/m1/s1. The Kier molecular flexibility index (Phi) is 6.81. The molecule has 0 unspecified atom stereocenters. The van der Waals surface area contributed by atoms with Gasteiger partial charge in [-0.25, -0.2) is 8.42 Å². The maximum atomic E-state index is 13.2. The molecule has 2 heterocycles. The number of carbonyl (C=O) groups excluding carboxylic acids is 2. The zero-order valence-corrected chi connectivity index (χ0v) is 20.8. The lowest BCUT2D eigenvalue weighted by Crippen LogP contribution is -2.36. The minimum absolute atomic E-state index is 0.0343. The number of amides is 2. The molecule has 0 saturated carbocycles. The van der Waals surface area contributed by atoms with E-state index in [0.717, 1.165) is 40.8 Å². The zero-order chi connectivity index (χ0) is 23.8. The predicted molar refractivity (Wildman–Crippen MR) is 130 cm³/mol. The Morgan fingerprint density at radius 1 is 1.18 bits per heavy atom. The largest absolute Gasteiger partial charge is 0.483 e. The molecule has 9 heteroatoms. The van der Waals surface area contributed by atoms with Gasteiger partial charge >= 0.3 is 0 Å². The first-order valence-electron chi connectivity index (χ1n) is 11.3. The quantitative estimate of drug-likeness (QED) is 0.646. The molecule has 2 amide bonds. The van der Waals surface area contributed by atoms with Crippen LogP contribution in [0.5, 0.6) is 5.75 Å². The fourth-order valence-electron chi connectivity index (χ4n) is 4.57. The van der Waals surface area contributed by atoms with Crippen molar-refractivity contribution >= 4 is 38.0 Å². The van der Waals surface area contributed by atoms with Crippen LogP contribution in [-0.2, 0) is 27.5 Å². The Bertz CT molecular complexity index is 1170. The van der Waals surface area contributed by atoms with Crippen LogP contribution in [0.4, 0.5) is 5.00 Å². The number of anilines is 1. The molecule has 0 bridgehead atoms. The Morgan fingerprint density at radius 3 is 2.58 bits per heavy atom. The summed E-state index contributed by atoms with van der Waals surface area (Å²) in [5.41, 5.74) is 3.36. The number of nitrogens with one attached hydrogen (secondary N) is 2. The first-order chi connectivity index (χ1) is 15.6. The number of para-hydroxylation sites is 1. The highest BCUT2D eigenvalue weighted by molar-refractivity contribution is 7.91. The molecule has 0 spiro atoms. The molecular weight excluding hydrogens is 460 g/mol. The van der Waals surface area contributed by atoms with E-state index in [1.807, 2.05) is 32.0 Å². The van der Waals surface area contributed by atoms with Crippen molar-refractivity contribution in [3.8, 4) is 5.75 Å². The summed E-state index contributed by atoms with van der Waals surface area (Å²) in [6.07, 6.45) is 3.04. The highest BCUT2D eigenvalue weighted by Gasteiger charge is 2.33. The van der Waals surface area contributed by atoms with Crippen molar-refractivity contribution < 1.29 is 22.7 Å². The first-order valence-corrected chi connectivity index (χ1v) is 13.9. The molecule has 2 N–H and O–H groups in total. The van der Waals surface area contributed by atoms with E-state index in [2.05, 4.69) is 17.6 Å². The smallest absolute Gasteiger partial charge is 0.262 e. The van der Waals surface area contributed by atoms with E-state index in [1.165, 1.54) is 11.3 Å². The number of hydrogen-bond donors (Lipinski definition) is 2. The summed E-state index contributed by atoms with van der Waals surface area (Å²) in [6, 6.07) is 5.41. The lowest BCUT2D eigenvalue weighted by atomic mass is 9.88. The summed E-state index contributed by atoms with van der Waals surface area (Å²) in [4.78, 5) is 27.1. The SMILES string of the molecule is Cc1cccc(C)c1OCC(=O)Nc1sc2c(c1C(=O)N[C@H]1CCS(=O)(=O)C1)CC[C@@H](C)C2. The summed E-state index contributed by atoms with van der Waals surface area (Å²) in [6.45, 7) is 5.88. The molecule has 2 aromatic rings. The number of rotatable bonds is 6. The number of benzene rings is 1. The molecule has 2 aliphatic rings. The van der Waals surface area contributed by atoms with Gasteiger partial charge in [0.05, 0.1) is 17.1 Å². The number of thiophene rings is 1. The molecule has 33 heavy (non-hydrogen) atoms. The van der Waals surface area contributed by atoms with E-state index in [-0.39, 0.29) is 29.9 Å². The predicted octanol–water partition coefficient (Wildman–Crippen LogP) is 3.42. The van der Waals surface area contributed by atoms with Gasteiger partial charge in [-0.15, -0.1) is 11.3 Å². The van der Waals surface area contributed by atoms with Crippen LogP contribution >= 0.6 is 11.3 Å². The minimum atomic E-state index is -3.10. The van der Waals surface area contributed by atoms with Crippen LogP contribution in [0.3, 0.4) is 0 Å². The van der Waals surface area contributed by atoms with Crippen molar-refractivity contribution in [2.75, 3.05) is 23.4 Å². The van der Waals surface area contributed by atoms with Crippen LogP contribution in [0.2, 0.25) is 0 Å².